The minimum Gasteiger partial charge on any atom is -0.310 e. The lowest BCUT2D eigenvalue weighted by Crippen LogP contribution is -2.23. The van der Waals surface area contributed by atoms with Crippen molar-refractivity contribution in [1.29, 1.82) is 0 Å². The Morgan fingerprint density at radius 2 is 1.84 bits per heavy atom. The van der Waals surface area contributed by atoms with Gasteiger partial charge < -0.3 is 5.32 Å². The number of unbranched alkanes of at least 4 members (excludes halogenated alkanes) is 3. The van der Waals surface area contributed by atoms with Crippen LogP contribution < -0.4 is 5.32 Å². The Balaban J connectivity index is 2.68. The first-order valence-corrected chi connectivity index (χ1v) is 7.73. The van der Waals surface area contributed by atoms with E-state index in [0.717, 1.165) is 17.9 Å². The van der Waals surface area contributed by atoms with E-state index >= 15 is 0 Å². The van der Waals surface area contributed by atoms with E-state index in [0.29, 0.717) is 6.04 Å². The van der Waals surface area contributed by atoms with Gasteiger partial charge in [-0.25, -0.2) is 0 Å². The van der Waals surface area contributed by atoms with Crippen LogP contribution in [-0.2, 0) is 0 Å². The van der Waals surface area contributed by atoms with Crippen molar-refractivity contribution in [2.45, 2.75) is 72.3 Å². The lowest BCUT2D eigenvalue weighted by Gasteiger charge is -2.20. The Morgan fingerprint density at radius 3 is 2.53 bits per heavy atom. The van der Waals surface area contributed by atoms with Crippen molar-refractivity contribution in [2.75, 3.05) is 6.54 Å². The fourth-order valence-electron chi connectivity index (χ4n) is 2.38. The number of hydrogen-bond acceptors (Lipinski definition) is 3. The lowest BCUT2D eigenvalue weighted by atomic mass is 9.98. The average molecular weight is 263 g/mol. The summed E-state index contributed by atoms with van der Waals surface area (Å²) in [5.41, 5.74) is 3.41. The Labute approximate surface area is 118 Å². The van der Waals surface area contributed by atoms with E-state index in [9.17, 15) is 0 Å². The van der Waals surface area contributed by atoms with Gasteiger partial charge in [0.15, 0.2) is 0 Å². The summed E-state index contributed by atoms with van der Waals surface area (Å²) in [6.45, 7) is 9.62. The van der Waals surface area contributed by atoms with Crippen LogP contribution in [0.1, 0.15) is 75.4 Å². The van der Waals surface area contributed by atoms with E-state index in [1.807, 2.05) is 6.92 Å². The number of nitrogens with zero attached hydrogens (tertiary/aromatic N) is 2. The van der Waals surface area contributed by atoms with Gasteiger partial charge in [-0.15, -0.1) is 0 Å². The number of hydrogen-bond donors (Lipinski definition) is 1. The third kappa shape index (κ3) is 5.68. The van der Waals surface area contributed by atoms with E-state index in [4.69, 9.17) is 0 Å². The highest BCUT2D eigenvalue weighted by molar-refractivity contribution is 5.23. The molecule has 1 heterocycles. The molecule has 0 aliphatic rings. The van der Waals surface area contributed by atoms with Crippen molar-refractivity contribution in [1.82, 2.24) is 15.5 Å². The molecule has 0 saturated heterocycles. The van der Waals surface area contributed by atoms with E-state index in [1.54, 1.807) is 0 Å². The van der Waals surface area contributed by atoms with Crippen LogP contribution in [0.2, 0.25) is 0 Å². The van der Waals surface area contributed by atoms with Crippen LogP contribution in [0.5, 0.6) is 0 Å². The lowest BCUT2D eigenvalue weighted by molar-refractivity contribution is 0.466. The minimum atomic E-state index is 0.436. The standard InChI is InChI=1S/C16H29N3/c1-5-7-8-9-10-16(17-11-6-2)15-12-13(3)18-19-14(15)4/h12,16-17H,5-11H2,1-4H3. The van der Waals surface area contributed by atoms with Crippen LogP contribution in [0.4, 0.5) is 0 Å². The second kappa shape index (κ2) is 9.03. The van der Waals surface area contributed by atoms with Crippen LogP contribution in [0.3, 0.4) is 0 Å². The average Bonchev–Trinajstić information content (AvgIpc) is 2.41. The van der Waals surface area contributed by atoms with Gasteiger partial charge in [0, 0.05) is 6.04 Å². The largest absolute Gasteiger partial charge is 0.310 e. The molecule has 3 heteroatoms. The predicted octanol–water partition coefficient (Wildman–Crippen LogP) is 4.10. The molecular formula is C16H29N3. The van der Waals surface area contributed by atoms with Crippen LogP contribution in [0.15, 0.2) is 6.07 Å². The van der Waals surface area contributed by atoms with Crippen molar-refractivity contribution >= 4 is 0 Å². The molecule has 108 valence electrons. The highest BCUT2D eigenvalue weighted by Gasteiger charge is 2.14. The first kappa shape index (κ1) is 16.1. The van der Waals surface area contributed by atoms with Gasteiger partial charge >= 0.3 is 0 Å². The van der Waals surface area contributed by atoms with Gasteiger partial charge in [-0.2, -0.15) is 10.2 Å². The van der Waals surface area contributed by atoms with E-state index in [2.05, 4.69) is 42.4 Å². The number of aromatic nitrogens is 2. The molecule has 1 rings (SSSR count). The second-order valence-corrected chi connectivity index (χ2v) is 5.38. The van der Waals surface area contributed by atoms with Gasteiger partial charge in [-0.3, -0.25) is 0 Å². The maximum absolute atomic E-state index is 4.26. The number of aryl methyl sites for hydroxylation is 2. The summed E-state index contributed by atoms with van der Waals surface area (Å²) < 4.78 is 0. The molecule has 0 aromatic carbocycles. The maximum Gasteiger partial charge on any atom is 0.0648 e. The molecule has 1 aromatic rings. The Hall–Kier alpha value is -0.960. The molecule has 0 bridgehead atoms. The van der Waals surface area contributed by atoms with Gasteiger partial charge in [-0.1, -0.05) is 39.5 Å². The molecule has 0 amide bonds. The third-order valence-electron chi connectivity index (χ3n) is 3.50. The van der Waals surface area contributed by atoms with E-state index < -0.39 is 0 Å². The fraction of sp³-hybridized carbons (Fsp3) is 0.750. The second-order valence-electron chi connectivity index (χ2n) is 5.38. The molecule has 1 unspecified atom stereocenters. The molecule has 0 radical (unpaired) electrons. The Bertz CT molecular complexity index is 363. The summed E-state index contributed by atoms with van der Waals surface area (Å²) in [4.78, 5) is 0. The molecule has 0 saturated carbocycles. The summed E-state index contributed by atoms with van der Waals surface area (Å²) in [6, 6.07) is 2.63. The molecule has 1 aromatic heterocycles. The highest BCUT2D eigenvalue weighted by atomic mass is 15.1. The van der Waals surface area contributed by atoms with E-state index in [-0.39, 0.29) is 0 Å². The minimum absolute atomic E-state index is 0.436. The van der Waals surface area contributed by atoms with Gasteiger partial charge in [0.1, 0.15) is 0 Å². The Kier molecular flexibility index (Phi) is 7.65. The zero-order valence-corrected chi connectivity index (χ0v) is 13.0. The molecule has 3 nitrogen and oxygen atoms in total. The van der Waals surface area contributed by atoms with Gasteiger partial charge in [0.2, 0.25) is 0 Å². The summed E-state index contributed by atoms with van der Waals surface area (Å²) in [5.74, 6) is 0. The fourth-order valence-corrected chi connectivity index (χ4v) is 2.38. The van der Waals surface area contributed by atoms with Crippen molar-refractivity contribution in [2.24, 2.45) is 0 Å². The van der Waals surface area contributed by atoms with Gasteiger partial charge in [-0.05, 0) is 44.9 Å². The molecule has 0 aliphatic carbocycles. The summed E-state index contributed by atoms with van der Waals surface area (Å²) >= 11 is 0. The van der Waals surface area contributed by atoms with Gasteiger partial charge in [0.25, 0.3) is 0 Å². The van der Waals surface area contributed by atoms with Crippen molar-refractivity contribution in [3.8, 4) is 0 Å². The first-order chi connectivity index (χ1) is 9.19. The highest BCUT2D eigenvalue weighted by Crippen LogP contribution is 2.22. The quantitative estimate of drug-likeness (QED) is 0.681. The van der Waals surface area contributed by atoms with Crippen LogP contribution in [0, 0.1) is 13.8 Å². The van der Waals surface area contributed by atoms with Crippen molar-refractivity contribution in [3.05, 3.63) is 23.0 Å². The smallest absolute Gasteiger partial charge is 0.0648 e. The van der Waals surface area contributed by atoms with Crippen molar-refractivity contribution in [3.63, 3.8) is 0 Å². The van der Waals surface area contributed by atoms with Crippen molar-refractivity contribution < 1.29 is 0 Å². The van der Waals surface area contributed by atoms with Crippen LogP contribution in [0.25, 0.3) is 0 Å². The third-order valence-corrected chi connectivity index (χ3v) is 3.50. The molecule has 0 fully saturated rings. The summed E-state index contributed by atoms with van der Waals surface area (Å²) in [5, 5.41) is 12.1. The molecule has 0 aliphatic heterocycles. The molecular weight excluding hydrogens is 234 g/mol. The molecule has 0 spiro atoms. The first-order valence-electron chi connectivity index (χ1n) is 7.73. The number of nitrogens with one attached hydrogen (secondary N) is 1. The monoisotopic (exact) mass is 263 g/mol. The van der Waals surface area contributed by atoms with Crippen LogP contribution >= 0.6 is 0 Å². The maximum atomic E-state index is 4.26. The normalized spacial score (nSPS) is 12.6. The van der Waals surface area contributed by atoms with Gasteiger partial charge in [0.05, 0.1) is 11.4 Å². The summed E-state index contributed by atoms with van der Waals surface area (Å²) in [7, 11) is 0. The molecule has 1 N–H and O–H groups in total. The van der Waals surface area contributed by atoms with E-state index in [1.165, 1.54) is 44.1 Å². The molecule has 1 atom stereocenters. The molecule has 19 heavy (non-hydrogen) atoms. The number of rotatable bonds is 9. The SMILES string of the molecule is CCCCCCC(NCCC)c1cc(C)nnc1C. The zero-order chi connectivity index (χ0) is 14.1. The Morgan fingerprint density at radius 1 is 1.05 bits per heavy atom. The van der Waals surface area contributed by atoms with Crippen LogP contribution in [-0.4, -0.2) is 16.7 Å². The summed E-state index contributed by atoms with van der Waals surface area (Å²) in [6.07, 6.45) is 7.62. The predicted molar refractivity (Wildman–Crippen MR) is 81.3 cm³/mol. The zero-order valence-electron chi connectivity index (χ0n) is 13.0. The topological polar surface area (TPSA) is 37.8 Å².